The van der Waals surface area contributed by atoms with E-state index in [1.165, 1.54) is 40.6 Å². The summed E-state index contributed by atoms with van der Waals surface area (Å²) in [6, 6.07) is 9.62. The number of carbonyl (C=O) groups excluding carboxylic acids is 2. The quantitative estimate of drug-likeness (QED) is 0.209. The number of methoxy groups -OCH3 is 4. The molecule has 1 aliphatic heterocycles. The predicted molar refractivity (Wildman–Crippen MR) is 188 cm³/mol. The molecule has 4 aromatic rings. The number of ether oxygens (including phenoxy) is 8. The molecule has 280 valence electrons. The van der Waals surface area contributed by atoms with Gasteiger partial charge in [-0.15, -0.1) is 0 Å². The fourth-order valence-corrected chi connectivity index (χ4v) is 5.64. The van der Waals surface area contributed by atoms with Gasteiger partial charge in [-0.2, -0.15) is 0 Å². The van der Waals surface area contributed by atoms with Crippen LogP contribution in [0.2, 0.25) is 0 Å². The topological polar surface area (TPSA) is 175 Å². The Morgan fingerprint density at radius 2 is 0.865 bits per heavy atom. The molecule has 2 aromatic carbocycles. The SMILES string of the molecule is COC(=O)c1cc2cc(OC)c(N3CCOCCOCCN(c4cc5oc(=O)c(C(=O)OC)cc5cc4OC)CCOCCOCC3)cc2oc1=O. The Hall–Kier alpha value is -5.16. The summed E-state index contributed by atoms with van der Waals surface area (Å²) in [5, 5.41) is 1.00. The Morgan fingerprint density at radius 1 is 0.519 bits per heavy atom. The molecule has 52 heavy (non-hydrogen) atoms. The first-order chi connectivity index (χ1) is 25.3. The number of rotatable bonds is 6. The lowest BCUT2D eigenvalue weighted by atomic mass is 10.1. The molecule has 0 radical (unpaired) electrons. The lowest BCUT2D eigenvalue weighted by Gasteiger charge is -2.27. The van der Waals surface area contributed by atoms with E-state index >= 15 is 0 Å². The van der Waals surface area contributed by atoms with Crippen molar-refractivity contribution in [1.29, 1.82) is 0 Å². The molecule has 0 aliphatic carbocycles. The highest BCUT2D eigenvalue weighted by Crippen LogP contribution is 2.34. The van der Waals surface area contributed by atoms with Crippen molar-refractivity contribution in [3.8, 4) is 11.5 Å². The Balaban J connectivity index is 1.27. The van der Waals surface area contributed by atoms with E-state index in [1.807, 2.05) is 9.80 Å². The van der Waals surface area contributed by atoms with Crippen LogP contribution in [0.4, 0.5) is 11.4 Å². The van der Waals surface area contributed by atoms with Gasteiger partial charge in [0.2, 0.25) is 0 Å². The Bertz CT molecular complexity index is 1810. The molecule has 1 saturated heterocycles. The van der Waals surface area contributed by atoms with Crippen LogP contribution in [0.3, 0.4) is 0 Å². The summed E-state index contributed by atoms with van der Waals surface area (Å²) in [7, 11) is 5.45. The number of hydrogen-bond donors (Lipinski definition) is 0. The molecule has 0 N–H and O–H groups in total. The van der Waals surface area contributed by atoms with Crippen LogP contribution in [0, 0.1) is 0 Å². The summed E-state index contributed by atoms with van der Waals surface area (Å²) in [4.78, 5) is 53.1. The second-order valence-electron chi connectivity index (χ2n) is 11.4. The maximum absolute atomic E-state index is 12.5. The molecule has 3 heterocycles. The molecule has 16 heteroatoms. The molecule has 0 spiro atoms. The van der Waals surface area contributed by atoms with Crippen LogP contribution < -0.4 is 30.5 Å². The standard InChI is InChI=1S/C36H42N2O14/c1-43-31-19-23-17-25(33(39)45-3)35(41)51-29(23)21-27(31)37-5-9-47-13-15-49-11-7-38(8-12-50-16-14-48-10-6-37)28-22-30-24(20-32(28)44-2)18-26(34(40)46-4)36(42)52-30/h17-22H,5-16H2,1-4H3. The zero-order chi connectivity index (χ0) is 37.0. The number of anilines is 2. The minimum absolute atomic E-state index is 0.208. The molecular formula is C36H42N2O14. The van der Waals surface area contributed by atoms with Gasteiger partial charge in [0.05, 0.1) is 92.7 Å². The van der Waals surface area contributed by atoms with Gasteiger partial charge in [-0.3, -0.25) is 0 Å². The zero-order valence-electron chi connectivity index (χ0n) is 29.6. The third kappa shape index (κ3) is 9.19. The van der Waals surface area contributed by atoms with Crippen LogP contribution in [0.25, 0.3) is 21.9 Å². The first-order valence-electron chi connectivity index (χ1n) is 16.6. The van der Waals surface area contributed by atoms with Gasteiger partial charge in [-0.1, -0.05) is 0 Å². The number of benzene rings is 2. The number of fused-ring (bicyclic) bond motifs is 2. The highest BCUT2D eigenvalue weighted by molar-refractivity contribution is 5.95. The van der Waals surface area contributed by atoms with Crippen LogP contribution >= 0.6 is 0 Å². The fourth-order valence-electron chi connectivity index (χ4n) is 5.64. The molecule has 1 fully saturated rings. The fraction of sp³-hybridized carbons (Fsp3) is 0.444. The Kier molecular flexibility index (Phi) is 13.4. The average molecular weight is 727 g/mol. The lowest BCUT2D eigenvalue weighted by Crippen LogP contribution is -2.33. The molecule has 0 unspecified atom stereocenters. The third-order valence-corrected chi connectivity index (χ3v) is 8.33. The summed E-state index contributed by atoms with van der Waals surface area (Å²) in [5.74, 6) is -0.562. The molecule has 16 nitrogen and oxygen atoms in total. The second kappa shape index (κ2) is 18.4. The van der Waals surface area contributed by atoms with E-state index in [0.717, 1.165) is 0 Å². The van der Waals surface area contributed by atoms with Gasteiger partial charge < -0.3 is 56.5 Å². The first kappa shape index (κ1) is 38.1. The van der Waals surface area contributed by atoms with E-state index in [4.69, 9.17) is 46.7 Å². The molecule has 2 aromatic heterocycles. The Labute approximate surface area is 298 Å². The monoisotopic (exact) mass is 726 g/mol. The van der Waals surface area contributed by atoms with Gasteiger partial charge in [-0.25, -0.2) is 19.2 Å². The number of esters is 2. The van der Waals surface area contributed by atoms with Crippen molar-refractivity contribution in [2.24, 2.45) is 0 Å². The highest BCUT2D eigenvalue weighted by atomic mass is 16.5. The lowest BCUT2D eigenvalue weighted by molar-refractivity contribution is 0.0435. The normalized spacial score (nSPS) is 15.8. The van der Waals surface area contributed by atoms with Gasteiger partial charge in [0.1, 0.15) is 33.8 Å². The van der Waals surface area contributed by atoms with Crippen LogP contribution in [0.15, 0.2) is 54.8 Å². The van der Waals surface area contributed by atoms with Gasteiger partial charge >= 0.3 is 23.2 Å². The molecule has 0 bridgehead atoms. The average Bonchev–Trinajstić information content (AvgIpc) is 3.15. The van der Waals surface area contributed by atoms with Gasteiger partial charge in [0.15, 0.2) is 0 Å². The maximum atomic E-state index is 12.5. The van der Waals surface area contributed by atoms with Crippen LogP contribution in [0.1, 0.15) is 20.7 Å². The molecule has 0 amide bonds. The number of carbonyl (C=O) groups is 2. The van der Waals surface area contributed by atoms with Gasteiger partial charge in [-0.05, 0) is 24.3 Å². The molecule has 1 aliphatic rings. The van der Waals surface area contributed by atoms with Crippen molar-refractivity contribution in [1.82, 2.24) is 0 Å². The smallest absolute Gasteiger partial charge is 0.351 e. The predicted octanol–water partition coefficient (Wildman–Crippen LogP) is 2.88. The maximum Gasteiger partial charge on any atom is 0.351 e. The third-order valence-electron chi connectivity index (χ3n) is 8.33. The van der Waals surface area contributed by atoms with Crippen LogP contribution in [-0.2, 0) is 28.4 Å². The van der Waals surface area contributed by atoms with E-state index in [2.05, 4.69) is 0 Å². The second-order valence-corrected chi connectivity index (χ2v) is 11.4. The number of nitrogens with zero attached hydrogens (tertiary/aromatic N) is 2. The summed E-state index contributed by atoms with van der Waals surface area (Å²) in [6.07, 6.45) is 0. The van der Waals surface area contributed by atoms with Gasteiger partial charge in [0, 0.05) is 49.1 Å². The summed E-state index contributed by atoms with van der Waals surface area (Å²) in [5.41, 5.74) is -0.139. The van der Waals surface area contributed by atoms with E-state index < -0.39 is 23.2 Å². The number of hydrogen-bond acceptors (Lipinski definition) is 16. The van der Waals surface area contributed by atoms with E-state index in [9.17, 15) is 19.2 Å². The van der Waals surface area contributed by atoms with Crippen molar-refractivity contribution < 1.29 is 56.3 Å². The molecule has 0 atom stereocenters. The molecular weight excluding hydrogens is 684 g/mol. The first-order valence-corrected chi connectivity index (χ1v) is 16.6. The summed E-state index contributed by atoms with van der Waals surface area (Å²) < 4.78 is 55.3. The van der Waals surface area contributed by atoms with Crippen molar-refractivity contribution in [3.63, 3.8) is 0 Å². The Morgan fingerprint density at radius 3 is 1.17 bits per heavy atom. The van der Waals surface area contributed by atoms with Crippen molar-refractivity contribution >= 4 is 45.3 Å². The summed E-state index contributed by atoms with van der Waals surface area (Å²) in [6.45, 7) is 4.56. The zero-order valence-corrected chi connectivity index (χ0v) is 29.6. The minimum atomic E-state index is -0.801. The van der Waals surface area contributed by atoms with E-state index in [-0.39, 0.29) is 22.3 Å². The van der Waals surface area contributed by atoms with E-state index in [1.54, 1.807) is 24.3 Å². The van der Waals surface area contributed by atoms with Crippen molar-refractivity contribution in [3.05, 3.63) is 68.4 Å². The highest BCUT2D eigenvalue weighted by Gasteiger charge is 2.21. The summed E-state index contributed by atoms with van der Waals surface area (Å²) >= 11 is 0. The van der Waals surface area contributed by atoms with Crippen molar-refractivity contribution in [2.45, 2.75) is 0 Å². The molecule has 5 rings (SSSR count). The molecule has 0 saturated carbocycles. The van der Waals surface area contributed by atoms with Crippen molar-refractivity contribution in [2.75, 3.05) is 117 Å². The van der Waals surface area contributed by atoms with E-state index in [0.29, 0.717) is 113 Å². The minimum Gasteiger partial charge on any atom is -0.495 e. The van der Waals surface area contributed by atoms with Gasteiger partial charge in [0.25, 0.3) is 0 Å². The van der Waals surface area contributed by atoms with Crippen LogP contribution in [-0.4, -0.2) is 119 Å². The largest absolute Gasteiger partial charge is 0.495 e. The van der Waals surface area contributed by atoms with Crippen LogP contribution in [0.5, 0.6) is 11.5 Å².